The van der Waals surface area contributed by atoms with Gasteiger partial charge in [0.05, 0.1) is 25.1 Å². The van der Waals surface area contributed by atoms with Gasteiger partial charge in [0.2, 0.25) is 5.88 Å². The lowest BCUT2D eigenvalue weighted by molar-refractivity contribution is 0.0932. The molecular formula is C20H19FN8O2. The highest BCUT2D eigenvalue weighted by atomic mass is 19.1. The minimum atomic E-state index is -0.469. The van der Waals surface area contributed by atoms with E-state index in [2.05, 4.69) is 30.8 Å². The van der Waals surface area contributed by atoms with Crippen LogP contribution < -0.4 is 15.4 Å². The Balaban J connectivity index is 1.66. The second kappa shape index (κ2) is 7.35. The van der Waals surface area contributed by atoms with Gasteiger partial charge in [-0.05, 0) is 13.0 Å². The molecule has 31 heavy (non-hydrogen) atoms. The minimum Gasteiger partial charge on any atom is -0.473 e. The number of ether oxygens (including phenoxy) is 1. The Morgan fingerprint density at radius 2 is 2.03 bits per heavy atom. The molecule has 4 aromatic rings. The summed E-state index contributed by atoms with van der Waals surface area (Å²) in [6.07, 6.45) is 7.53. The summed E-state index contributed by atoms with van der Waals surface area (Å²) in [5, 5.41) is 14.6. The van der Waals surface area contributed by atoms with E-state index in [1.54, 1.807) is 28.5 Å². The summed E-state index contributed by atoms with van der Waals surface area (Å²) in [4.78, 5) is 21.5. The molecule has 2 bridgehead atoms. The fourth-order valence-corrected chi connectivity index (χ4v) is 3.42. The van der Waals surface area contributed by atoms with Gasteiger partial charge in [0.25, 0.3) is 5.91 Å². The Hall–Kier alpha value is -4.02. The number of nitrogens with zero attached hydrogens (tertiary/aromatic N) is 6. The van der Waals surface area contributed by atoms with Crippen molar-refractivity contribution < 1.29 is 13.9 Å². The third-order valence-corrected chi connectivity index (χ3v) is 4.95. The van der Waals surface area contributed by atoms with Crippen LogP contribution in [0, 0.1) is 5.82 Å². The Labute approximate surface area is 176 Å². The number of aryl methyl sites for hydroxylation is 1. The summed E-state index contributed by atoms with van der Waals surface area (Å²) in [6.45, 7) is 2.26. The van der Waals surface area contributed by atoms with Crippen molar-refractivity contribution in [2.75, 3.05) is 11.9 Å². The van der Waals surface area contributed by atoms with Crippen molar-refractivity contribution in [1.29, 1.82) is 0 Å². The molecule has 0 aromatic carbocycles. The number of carbonyl (C=O) groups excluding carboxylic acids is 1. The number of fused-ring (bicyclic) bond motifs is 2. The number of halogens is 1. The molecule has 0 saturated carbocycles. The smallest absolute Gasteiger partial charge is 0.256 e. The van der Waals surface area contributed by atoms with Crippen LogP contribution in [0.1, 0.15) is 22.8 Å². The molecule has 2 N–H and O–H groups in total. The monoisotopic (exact) mass is 422 g/mol. The average Bonchev–Trinajstić information content (AvgIpc) is 3.36. The van der Waals surface area contributed by atoms with Gasteiger partial charge in [-0.15, -0.1) is 0 Å². The molecule has 1 aliphatic heterocycles. The number of anilines is 1. The van der Waals surface area contributed by atoms with E-state index in [-0.39, 0.29) is 25.1 Å². The zero-order valence-corrected chi connectivity index (χ0v) is 16.8. The maximum absolute atomic E-state index is 13.9. The molecule has 5 rings (SSSR count). The van der Waals surface area contributed by atoms with Gasteiger partial charge >= 0.3 is 0 Å². The normalized spacial score (nSPS) is 16.5. The van der Waals surface area contributed by atoms with Gasteiger partial charge in [0.15, 0.2) is 5.65 Å². The van der Waals surface area contributed by atoms with Crippen molar-refractivity contribution in [2.24, 2.45) is 7.05 Å². The van der Waals surface area contributed by atoms with E-state index in [9.17, 15) is 9.18 Å². The molecule has 11 heteroatoms. The van der Waals surface area contributed by atoms with Crippen LogP contribution in [0.3, 0.4) is 0 Å². The molecule has 10 nitrogen and oxygen atoms in total. The molecule has 0 radical (unpaired) electrons. The standard InChI is InChI=1S/C20H19FN8O2/c1-11-4-23-19(30)15-8-26-29-10-16(13-6-25-28(2)9-13)17(27-18(15)29)22-5-12-3-14(21)7-24-20(12)31-11/h3,6-11H,4-5H2,1-2H3,(H,22,27)(H,23,30)/t11-/m0/s1. The average molecular weight is 422 g/mol. The number of pyridine rings is 1. The fourth-order valence-electron chi connectivity index (χ4n) is 3.42. The van der Waals surface area contributed by atoms with Gasteiger partial charge in [-0.3, -0.25) is 9.48 Å². The molecule has 158 valence electrons. The Morgan fingerprint density at radius 1 is 1.16 bits per heavy atom. The lowest BCUT2D eigenvalue weighted by Crippen LogP contribution is -2.33. The number of amides is 1. The number of hydrogen-bond acceptors (Lipinski definition) is 7. The van der Waals surface area contributed by atoms with Crippen LogP contribution in [-0.2, 0) is 13.6 Å². The zero-order chi connectivity index (χ0) is 21.5. The number of carbonyl (C=O) groups is 1. The van der Waals surface area contributed by atoms with Gasteiger partial charge in [-0.1, -0.05) is 0 Å². The SMILES string of the molecule is C[C@H]1CNC(=O)c2cnn3cc(-c4cnn(C)c4)c(nc23)NCc2cc(F)cnc2O1. The van der Waals surface area contributed by atoms with E-state index >= 15 is 0 Å². The minimum absolute atomic E-state index is 0.216. The van der Waals surface area contributed by atoms with Crippen LogP contribution in [0.25, 0.3) is 16.8 Å². The molecule has 5 heterocycles. The van der Waals surface area contributed by atoms with Crippen molar-refractivity contribution in [3.63, 3.8) is 0 Å². The molecule has 0 aliphatic carbocycles. The quantitative estimate of drug-likeness (QED) is 0.481. The zero-order valence-electron chi connectivity index (χ0n) is 16.8. The maximum Gasteiger partial charge on any atom is 0.256 e. The van der Waals surface area contributed by atoms with Crippen molar-refractivity contribution in [1.82, 2.24) is 34.7 Å². The molecule has 1 amide bonds. The molecule has 0 saturated heterocycles. The molecule has 4 aromatic heterocycles. The molecule has 0 fully saturated rings. The van der Waals surface area contributed by atoms with E-state index < -0.39 is 5.82 Å². The van der Waals surface area contributed by atoms with Gasteiger partial charge < -0.3 is 15.4 Å². The van der Waals surface area contributed by atoms with E-state index in [4.69, 9.17) is 4.74 Å². The van der Waals surface area contributed by atoms with Crippen molar-refractivity contribution in [2.45, 2.75) is 19.6 Å². The maximum atomic E-state index is 13.9. The lowest BCUT2D eigenvalue weighted by Gasteiger charge is -2.17. The first-order valence-corrected chi connectivity index (χ1v) is 9.68. The first-order valence-electron chi connectivity index (χ1n) is 9.68. The highest BCUT2D eigenvalue weighted by molar-refractivity contribution is 6.00. The Bertz CT molecular complexity index is 1300. The number of nitrogens with one attached hydrogen (secondary N) is 2. The second-order valence-corrected chi connectivity index (χ2v) is 7.34. The van der Waals surface area contributed by atoms with Crippen molar-refractivity contribution in [3.05, 3.63) is 54.0 Å². The Morgan fingerprint density at radius 3 is 2.84 bits per heavy atom. The largest absolute Gasteiger partial charge is 0.473 e. The third kappa shape index (κ3) is 3.54. The van der Waals surface area contributed by atoms with Gasteiger partial charge in [0.1, 0.15) is 23.3 Å². The van der Waals surface area contributed by atoms with E-state index in [0.717, 1.165) is 17.3 Å². The van der Waals surface area contributed by atoms with Crippen LogP contribution in [0.15, 0.2) is 37.1 Å². The topological polar surface area (TPSA) is 111 Å². The van der Waals surface area contributed by atoms with Crippen LogP contribution in [0.4, 0.5) is 10.2 Å². The molecular weight excluding hydrogens is 403 g/mol. The van der Waals surface area contributed by atoms with Crippen LogP contribution >= 0.6 is 0 Å². The Kier molecular flexibility index (Phi) is 4.50. The summed E-state index contributed by atoms with van der Waals surface area (Å²) in [6, 6.07) is 1.37. The molecule has 1 aliphatic rings. The highest BCUT2D eigenvalue weighted by Gasteiger charge is 2.21. The molecule has 0 spiro atoms. The van der Waals surface area contributed by atoms with Gasteiger partial charge in [0, 0.05) is 42.7 Å². The second-order valence-electron chi connectivity index (χ2n) is 7.34. The first-order chi connectivity index (χ1) is 15.0. The third-order valence-electron chi connectivity index (χ3n) is 4.95. The summed E-state index contributed by atoms with van der Waals surface area (Å²) in [5.74, 6) is 0.00687. The predicted octanol–water partition coefficient (Wildman–Crippen LogP) is 1.79. The summed E-state index contributed by atoms with van der Waals surface area (Å²) >= 11 is 0. The highest BCUT2D eigenvalue weighted by Crippen LogP contribution is 2.29. The van der Waals surface area contributed by atoms with Crippen molar-refractivity contribution in [3.8, 4) is 17.0 Å². The number of rotatable bonds is 1. The van der Waals surface area contributed by atoms with Crippen LogP contribution in [0.2, 0.25) is 0 Å². The molecule has 1 atom stereocenters. The number of hydrogen-bond donors (Lipinski definition) is 2. The van der Waals surface area contributed by atoms with Crippen LogP contribution in [-0.4, -0.2) is 47.9 Å². The number of aromatic nitrogens is 6. The van der Waals surface area contributed by atoms with E-state index in [1.807, 2.05) is 13.2 Å². The lowest BCUT2D eigenvalue weighted by atomic mass is 10.1. The summed E-state index contributed by atoms with van der Waals surface area (Å²) < 4.78 is 23.0. The summed E-state index contributed by atoms with van der Waals surface area (Å²) in [7, 11) is 1.82. The van der Waals surface area contributed by atoms with Gasteiger partial charge in [-0.25, -0.2) is 18.9 Å². The first kappa shape index (κ1) is 19.0. The van der Waals surface area contributed by atoms with E-state index in [1.165, 1.54) is 12.3 Å². The fraction of sp³-hybridized carbons (Fsp3) is 0.250. The predicted molar refractivity (Wildman–Crippen MR) is 109 cm³/mol. The van der Waals surface area contributed by atoms with E-state index in [0.29, 0.717) is 28.5 Å². The summed E-state index contributed by atoms with van der Waals surface area (Å²) in [5.41, 5.74) is 2.82. The van der Waals surface area contributed by atoms with Crippen molar-refractivity contribution >= 4 is 17.4 Å². The van der Waals surface area contributed by atoms with Gasteiger partial charge in [-0.2, -0.15) is 10.2 Å². The molecule has 0 unspecified atom stereocenters. The van der Waals surface area contributed by atoms with Crippen LogP contribution in [0.5, 0.6) is 5.88 Å².